The minimum Gasteiger partial charge on any atom is -0.493 e. The number of nitrogens with two attached hydrogens (primary N) is 1. The van der Waals surface area contributed by atoms with Crippen LogP contribution >= 0.6 is 11.8 Å². The average molecular weight is 481 g/mol. The number of aromatic amines is 1. The maximum atomic E-state index is 13.1. The van der Waals surface area contributed by atoms with Crippen LogP contribution in [0.5, 0.6) is 11.5 Å². The maximum Gasteiger partial charge on any atom is 0.257 e. The number of H-pyrrole nitrogens is 1. The van der Waals surface area contributed by atoms with Crippen molar-refractivity contribution >= 4 is 29.4 Å². The van der Waals surface area contributed by atoms with E-state index in [1.165, 1.54) is 18.9 Å². The van der Waals surface area contributed by atoms with Gasteiger partial charge in [0.25, 0.3) is 11.5 Å². The highest BCUT2D eigenvalue weighted by Crippen LogP contribution is 2.38. The highest BCUT2D eigenvalue weighted by atomic mass is 32.2. The van der Waals surface area contributed by atoms with E-state index in [9.17, 15) is 14.4 Å². The van der Waals surface area contributed by atoms with Crippen molar-refractivity contribution in [2.75, 3.05) is 19.0 Å². The van der Waals surface area contributed by atoms with Crippen LogP contribution < -0.4 is 26.1 Å². The summed E-state index contributed by atoms with van der Waals surface area (Å²) in [5.74, 6) is 0.216. The molecule has 2 heterocycles. The third kappa shape index (κ3) is 5.07. The van der Waals surface area contributed by atoms with E-state index >= 15 is 0 Å². The van der Waals surface area contributed by atoms with E-state index in [1.54, 1.807) is 18.2 Å². The molecule has 0 unspecified atom stereocenters. The Kier molecular flexibility index (Phi) is 6.87. The van der Waals surface area contributed by atoms with E-state index in [0.29, 0.717) is 33.5 Å². The van der Waals surface area contributed by atoms with Crippen molar-refractivity contribution in [2.45, 2.75) is 30.2 Å². The molecule has 0 aliphatic carbocycles. The van der Waals surface area contributed by atoms with Gasteiger partial charge in [0.15, 0.2) is 23.3 Å². The van der Waals surface area contributed by atoms with E-state index < -0.39 is 11.8 Å². The van der Waals surface area contributed by atoms with Crippen LogP contribution in [-0.4, -0.2) is 35.5 Å². The number of anilines is 1. The van der Waals surface area contributed by atoms with Gasteiger partial charge in [0.05, 0.1) is 12.7 Å². The highest BCUT2D eigenvalue weighted by Gasteiger charge is 2.31. The molecule has 4 rings (SSSR count). The Hall–Kier alpha value is -3.79. The fourth-order valence-electron chi connectivity index (χ4n) is 3.79. The average Bonchev–Trinajstić information content (AvgIpc) is 2.81. The van der Waals surface area contributed by atoms with Crippen molar-refractivity contribution in [2.24, 2.45) is 5.73 Å². The quantitative estimate of drug-likeness (QED) is 0.333. The van der Waals surface area contributed by atoms with Gasteiger partial charge in [0.2, 0.25) is 5.91 Å². The molecule has 1 atom stereocenters. The van der Waals surface area contributed by atoms with Crippen LogP contribution in [-0.2, 0) is 15.3 Å². The lowest BCUT2D eigenvalue weighted by Crippen LogP contribution is -2.31. The maximum absolute atomic E-state index is 13.1. The van der Waals surface area contributed by atoms with Crippen molar-refractivity contribution in [1.82, 2.24) is 9.97 Å². The molecule has 9 nitrogen and oxygen atoms in total. The highest BCUT2D eigenvalue weighted by molar-refractivity contribution is 7.98. The number of nitrogens with one attached hydrogen (secondary N) is 2. The summed E-state index contributed by atoms with van der Waals surface area (Å²) in [6.45, 7) is 1.74. The van der Waals surface area contributed by atoms with Gasteiger partial charge in [-0.2, -0.15) is 0 Å². The Labute approximate surface area is 200 Å². The van der Waals surface area contributed by atoms with Crippen LogP contribution in [0.1, 0.15) is 34.6 Å². The van der Waals surface area contributed by atoms with E-state index in [2.05, 4.69) is 15.3 Å². The number of fused-ring (bicyclic) bond motifs is 1. The number of hydrogen-bond donors (Lipinski definition) is 3. The predicted molar refractivity (Wildman–Crippen MR) is 128 cm³/mol. The number of nitrogens with zero attached hydrogens (tertiary/aromatic N) is 1. The first-order valence-corrected chi connectivity index (χ1v) is 11.5. The first kappa shape index (κ1) is 23.4. The standard InChI is InChI=1S/C24H24N4O5S/c1-13-5-3-4-6-15(13)12-34-24-27-22-21(23(31)28-24)16(10-20(30)26-22)14-7-8-17(18(9-14)32-2)33-11-19(25)29/h3-9,16H,10-12H2,1-2H3,(H2,25,29)(H2,26,27,28,30,31)/t16-/m0/s1. The number of carbonyl (C=O) groups excluding carboxylic acids is 2. The molecule has 1 aromatic heterocycles. The van der Waals surface area contributed by atoms with Crippen molar-refractivity contribution < 1.29 is 19.1 Å². The number of carbonyl (C=O) groups is 2. The molecule has 1 aliphatic heterocycles. The third-order valence-electron chi connectivity index (χ3n) is 5.51. The molecule has 176 valence electrons. The number of hydrogen-bond acceptors (Lipinski definition) is 7. The van der Waals surface area contributed by atoms with Gasteiger partial charge in [0.1, 0.15) is 5.82 Å². The van der Waals surface area contributed by atoms with Crippen LogP contribution in [0.2, 0.25) is 0 Å². The van der Waals surface area contributed by atoms with Gasteiger partial charge in [-0.15, -0.1) is 0 Å². The Morgan fingerprint density at radius 3 is 2.74 bits per heavy atom. The largest absolute Gasteiger partial charge is 0.493 e. The number of rotatable bonds is 8. The molecule has 3 aromatic rings. The Bertz CT molecular complexity index is 1310. The number of amides is 2. The lowest BCUT2D eigenvalue weighted by molar-refractivity contribution is -0.120. The van der Waals surface area contributed by atoms with E-state index in [1.807, 2.05) is 31.2 Å². The zero-order valence-corrected chi connectivity index (χ0v) is 19.5. The normalized spacial score (nSPS) is 14.8. The van der Waals surface area contributed by atoms with E-state index in [0.717, 1.165) is 11.1 Å². The summed E-state index contributed by atoms with van der Waals surface area (Å²) < 4.78 is 10.7. The molecule has 2 amide bonds. The number of aromatic nitrogens is 2. The van der Waals surface area contributed by atoms with E-state index in [-0.39, 0.29) is 30.3 Å². The molecule has 0 saturated heterocycles. The second-order valence-electron chi connectivity index (χ2n) is 7.82. The van der Waals surface area contributed by atoms with Crippen molar-refractivity contribution in [1.29, 1.82) is 0 Å². The van der Waals surface area contributed by atoms with Crippen LogP contribution in [0.25, 0.3) is 0 Å². The number of primary amides is 1. The molecule has 4 N–H and O–H groups in total. The molecule has 1 aliphatic rings. The molecule has 34 heavy (non-hydrogen) atoms. The number of aryl methyl sites for hydroxylation is 1. The Morgan fingerprint density at radius 2 is 2.00 bits per heavy atom. The first-order valence-electron chi connectivity index (χ1n) is 10.6. The predicted octanol–water partition coefficient (Wildman–Crippen LogP) is 2.72. The van der Waals surface area contributed by atoms with Gasteiger partial charge in [-0.25, -0.2) is 4.98 Å². The number of methoxy groups -OCH3 is 1. The molecular weight excluding hydrogens is 456 g/mol. The second kappa shape index (κ2) is 10.0. The van der Waals surface area contributed by atoms with Crippen LogP contribution in [0.15, 0.2) is 52.4 Å². The fraction of sp³-hybridized carbons (Fsp3) is 0.250. The molecule has 0 spiro atoms. The van der Waals surface area contributed by atoms with Crippen molar-refractivity contribution in [3.05, 3.63) is 75.1 Å². The minimum absolute atomic E-state index is 0.0815. The summed E-state index contributed by atoms with van der Waals surface area (Å²) in [4.78, 5) is 44.0. The van der Waals surface area contributed by atoms with Crippen LogP contribution in [0.3, 0.4) is 0 Å². The molecule has 0 saturated carbocycles. The minimum atomic E-state index is -0.613. The monoisotopic (exact) mass is 480 g/mol. The van der Waals surface area contributed by atoms with Gasteiger partial charge >= 0.3 is 0 Å². The summed E-state index contributed by atoms with van der Waals surface area (Å²) >= 11 is 1.40. The molecule has 0 fully saturated rings. The van der Waals surface area contributed by atoms with Gasteiger partial charge in [0, 0.05) is 18.1 Å². The van der Waals surface area contributed by atoms with Gasteiger partial charge < -0.3 is 25.5 Å². The SMILES string of the molecule is COc1cc([C@@H]2CC(=O)Nc3nc(SCc4ccccc4C)[nH]c(=O)c32)ccc1OCC(N)=O. The first-order chi connectivity index (χ1) is 16.4. The smallest absolute Gasteiger partial charge is 0.257 e. The zero-order chi connectivity index (χ0) is 24.2. The van der Waals surface area contributed by atoms with Gasteiger partial charge in [-0.05, 0) is 35.7 Å². The number of thioether (sulfide) groups is 1. The summed E-state index contributed by atoms with van der Waals surface area (Å²) in [5.41, 5.74) is 8.19. The van der Waals surface area contributed by atoms with Gasteiger partial charge in [-0.1, -0.05) is 42.1 Å². The Balaban J connectivity index is 1.64. The molecule has 10 heteroatoms. The summed E-state index contributed by atoms with van der Waals surface area (Å²) in [6.07, 6.45) is 0.0815. The molecule has 0 bridgehead atoms. The fourth-order valence-corrected chi connectivity index (χ4v) is 4.73. The Morgan fingerprint density at radius 1 is 1.21 bits per heavy atom. The summed E-state index contributed by atoms with van der Waals surface area (Å²) in [5, 5.41) is 3.16. The summed E-state index contributed by atoms with van der Waals surface area (Å²) in [7, 11) is 1.46. The molecular formula is C24H24N4O5S. The van der Waals surface area contributed by atoms with Crippen molar-refractivity contribution in [3.63, 3.8) is 0 Å². The molecule has 2 aromatic carbocycles. The topological polar surface area (TPSA) is 136 Å². The van der Waals surface area contributed by atoms with Crippen LogP contribution in [0.4, 0.5) is 5.82 Å². The summed E-state index contributed by atoms with van der Waals surface area (Å²) in [6, 6.07) is 13.0. The molecule has 0 radical (unpaired) electrons. The second-order valence-corrected chi connectivity index (χ2v) is 8.78. The van der Waals surface area contributed by atoms with E-state index in [4.69, 9.17) is 15.2 Å². The third-order valence-corrected chi connectivity index (χ3v) is 6.44. The number of ether oxygens (including phenoxy) is 2. The van der Waals surface area contributed by atoms with Gasteiger partial charge in [-0.3, -0.25) is 14.4 Å². The lowest BCUT2D eigenvalue weighted by Gasteiger charge is -2.25. The zero-order valence-electron chi connectivity index (χ0n) is 18.7. The van der Waals surface area contributed by atoms with Crippen molar-refractivity contribution in [3.8, 4) is 11.5 Å². The lowest BCUT2D eigenvalue weighted by atomic mass is 9.86. The van der Waals surface area contributed by atoms with Crippen LogP contribution in [0, 0.1) is 6.92 Å². The number of benzene rings is 2.